The van der Waals surface area contributed by atoms with Gasteiger partial charge in [-0.15, -0.1) is 0 Å². The lowest BCUT2D eigenvalue weighted by molar-refractivity contribution is 0.148. The standard InChI is InChI=1S/C20H33N3O2S/c1-3-26(24,25)23-10-8-19(9-11-23)16-18-4-6-20(7-5-18)17-22-14-12-21(2)13-15-22/h4-7,19H,3,8-17H2,1-2H3. The van der Waals surface area contributed by atoms with Crippen molar-refractivity contribution in [1.29, 1.82) is 0 Å². The van der Waals surface area contributed by atoms with Crippen molar-refractivity contribution in [3.8, 4) is 0 Å². The van der Waals surface area contributed by atoms with Gasteiger partial charge in [0.2, 0.25) is 10.0 Å². The van der Waals surface area contributed by atoms with Crippen LogP contribution < -0.4 is 0 Å². The van der Waals surface area contributed by atoms with Crippen LogP contribution in [-0.2, 0) is 23.0 Å². The summed E-state index contributed by atoms with van der Waals surface area (Å²) < 4.78 is 25.6. The van der Waals surface area contributed by atoms with Crippen LogP contribution in [-0.4, -0.2) is 74.6 Å². The maximum atomic E-state index is 12.0. The van der Waals surface area contributed by atoms with Gasteiger partial charge in [0.05, 0.1) is 5.75 Å². The van der Waals surface area contributed by atoms with E-state index in [1.54, 1.807) is 11.2 Å². The predicted molar refractivity (Wildman–Crippen MR) is 107 cm³/mol. The number of hydrogen-bond acceptors (Lipinski definition) is 4. The number of benzene rings is 1. The van der Waals surface area contributed by atoms with E-state index in [1.807, 2.05) is 0 Å². The Morgan fingerprint density at radius 3 is 2.08 bits per heavy atom. The monoisotopic (exact) mass is 379 g/mol. The van der Waals surface area contributed by atoms with Gasteiger partial charge in [0.1, 0.15) is 0 Å². The van der Waals surface area contributed by atoms with Gasteiger partial charge in [0.25, 0.3) is 0 Å². The maximum Gasteiger partial charge on any atom is 0.213 e. The fraction of sp³-hybridized carbons (Fsp3) is 0.700. The predicted octanol–water partition coefficient (Wildman–Crippen LogP) is 2.04. The first-order valence-electron chi connectivity index (χ1n) is 9.93. The SMILES string of the molecule is CCS(=O)(=O)N1CCC(Cc2ccc(CN3CCN(C)CC3)cc2)CC1. The zero-order chi connectivity index (χ0) is 18.6. The minimum atomic E-state index is -3.02. The van der Waals surface area contributed by atoms with Crippen LogP contribution in [0, 0.1) is 5.92 Å². The molecule has 0 aromatic heterocycles. The molecule has 0 bridgehead atoms. The topological polar surface area (TPSA) is 43.9 Å². The van der Waals surface area contributed by atoms with Crippen LogP contribution in [0.4, 0.5) is 0 Å². The molecule has 2 aliphatic heterocycles. The lowest BCUT2D eigenvalue weighted by atomic mass is 9.91. The Hall–Kier alpha value is -0.950. The average molecular weight is 380 g/mol. The molecule has 146 valence electrons. The van der Waals surface area contributed by atoms with Gasteiger partial charge in [-0.05, 0) is 50.3 Å². The van der Waals surface area contributed by atoms with E-state index in [2.05, 4.69) is 41.1 Å². The van der Waals surface area contributed by atoms with E-state index in [0.29, 0.717) is 19.0 Å². The molecule has 6 heteroatoms. The molecule has 0 N–H and O–H groups in total. The van der Waals surface area contributed by atoms with Gasteiger partial charge in [0.15, 0.2) is 0 Å². The molecule has 1 aromatic rings. The molecule has 2 heterocycles. The summed E-state index contributed by atoms with van der Waals surface area (Å²) >= 11 is 0. The van der Waals surface area contributed by atoms with Crippen LogP contribution in [0.3, 0.4) is 0 Å². The summed E-state index contributed by atoms with van der Waals surface area (Å²) in [4.78, 5) is 4.91. The third kappa shape index (κ3) is 5.28. The fourth-order valence-electron chi connectivity index (χ4n) is 3.95. The molecule has 0 atom stereocenters. The molecule has 0 unspecified atom stereocenters. The van der Waals surface area contributed by atoms with E-state index in [1.165, 1.54) is 11.1 Å². The van der Waals surface area contributed by atoms with Crippen molar-refractivity contribution in [3.63, 3.8) is 0 Å². The van der Waals surface area contributed by atoms with Gasteiger partial charge in [-0.3, -0.25) is 4.90 Å². The van der Waals surface area contributed by atoms with Crippen molar-refractivity contribution in [3.05, 3.63) is 35.4 Å². The lowest BCUT2D eigenvalue weighted by Gasteiger charge is -2.32. The van der Waals surface area contributed by atoms with Gasteiger partial charge in [-0.1, -0.05) is 24.3 Å². The molecule has 5 nitrogen and oxygen atoms in total. The summed E-state index contributed by atoms with van der Waals surface area (Å²) in [6, 6.07) is 9.07. The van der Waals surface area contributed by atoms with E-state index in [0.717, 1.165) is 52.0 Å². The lowest BCUT2D eigenvalue weighted by Crippen LogP contribution is -2.43. The number of sulfonamides is 1. The minimum Gasteiger partial charge on any atom is -0.304 e. The maximum absolute atomic E-state index is 12.0. The van der Waals surface area contributed by atoms with Crippen molar-refractivity contribution in [2.45, 2.75) is 32.7 Å². The van der Waals surface area contributed by atoms with Crippen molar-refractivity contribution < 1.29 is 8.42 Å². The second-order valence-corrected chi connectivity index (χ2v) is 10.1. The number of hydrogen-bond donors (Lipinski definition) is 0. The van der Waals surface area contributed by atoms with E-state index < -0.39 is 10.0 Å². The van der Waals surface area contributed by atoms with Crippen LogP contribution in [0.15, 0.2) is 24.3 Å². The molecule has 26 heavy (non-hydrogen) atoms. The van der Waals surface area contributed by atoms with Crippen molar-refractivity contribution >= 4 is 10.0 Å². The zero-order valence-electron chi connectivity index (χ0n) is 16.2. The van der Waals surface area contributed by atoms with Gasteiger partial charge >= 0.3 is 0 Å². The molecule has 0 spiro atoms. The number of likely N-dealkylation sites (N-methyl/N-ethyl adjacent to an activating group) is 1. The molecule has 2 aliphatic rings. The Morgan fingerprint density at radius 2 is 1.50 bits per heavy atom. The van der Waals surface area contributed by atoms with E-state index in [-0.39, 0.29) is 5.75 Å². The van der Waals surface area contributed by atoms with E-state index in [9.17, 15) is 8.42 Å². The third-order valence-electron chi connectivity index (χ3n) is 5.88. The number of piperazine rings is 1. The highest BCUT2D eigenvalue weighted by atomic mass is 32.2. The summed E-state index contributed by atoms with van der Waals surface area (Å²) in [5.41, 5.74) is 2.77. The van der Waals surface area contributed by atoms with Crippen LogP contribution in [0.1, 0.15) is 30.9 Å². The van der Waals surface area contributed by atoms with Gasteiger partial charge in [0, 0.05) is 45.8 Å². The third-order valence-corrected chi connectivity index (χ3v) is 7.76. The summed E-state index contributed by atoms with van der Waals surface area (Å²) in [6.07, 6.45) is 3.01. The highest BCUT2D eigenvalue weighted by Crippen LogP contribution is 2.24. The van der Waals surface area contributed by atoms with Crippen LogP contribution >= 0.6 is 0 Å². The molecule has 3 rings (SSSR count). The molecule has 0 radical (unpaired) electrons. The average Bonchev–Trinajstić information content (AvgIpc) is 2.66. The van der Waals surface area contributed by atoms with Crippen molar-refractivity contribution in [2.75, 3.05) is 52.1 Å². The molecule has 2 saturated heterocycles. The van der Waals surface area contributed by atoms with Gasteiger partial charge < -0.3 is 4.90 Å². The molecular formula is C20H33N3O2S. The Kier molecular flexibility index (Phi) is 6.72. The number of rotatable bonds is 6. The van der Waals surface area contributed by atoms with Crippen LogP contribution in [0.2, 0.25) is 0 Å². The van der Waals surface area contributed by atoms with E-state index >= 15 is 0 Å². The molecule has 0 aliphatic carbocycles. The second-order valence-electron chi connectivity index (χ2n) is 7.84. The van der Waals surface area contributed by atoms with Crippen LogP contribution in [0.5, 0.6) is 0 Å². The quantitative estimate of drug-likeness (QED) is 0.759. The molecular weight excluding hydrogens is 346 g/mol. The normalized spacial score (nSPS) is 21.9. The smallest absolute Gasteiger partial charge is 0.213 e. The Morgan fingerprint density at radius 1 is 0.923 bits per heavy atom. The second kappa shape index (κ2) is 8.83. The Balaban J connectivity index is 1.46. The first kappa shape index (κ1) is 19.8. The number of piperidine rings is 1. The highest BCUT2D eigenvalue weighted by molar-refractivity contribution is 7.89. The molecule has 0 saturated carbocycles. The summed E-state index contributed by atoms with van der Waals surface area (Å²) in [5, 5.41) is 0. The Bertz CT molecular complexity index is 659. The fourth-order valence-corrected chi connectivity index (χ4v) is 5.08. The molecule has 2 fully saturated rings. The summed E-state index contributed by atoms with van der Waals surface area (Å²) in [7, 11) is -0.826. The van der Waals surface area contributed by atoms with E-state index in [4.69, 9.17) is 0 Å². The minimum absolute atomic E-state index is 0.215. The molecule has 0 amide bonds. The first-order valence-corrected chi connectivity index (χ1v) is 11.5. The van der Waals surface area contributed by atoms with Crippen molar-refractivity contribution in [2.24, 2.45) is 5.92 Å². The first-order chi connectivity index (χ1) is 12.5. The largest absolute Gasteiger partial charge is 0.304 e. The highest BCUT2D eigenvalue weighted by Gasteiger charge is 2.26. The summed E-state index contributed by atoms with van der Waals surface area (Å²) in [5.74, 6) is 0.814. The summed E-state index contributed by atoms with van der Waals surface area (Å²) in [6.45, 7) is 8.75. The molecule has 1 aromatic carbocycles. The van der Waals surface area contributed by atoms with Gasteiger partial charge in [-0.2, -0.15) is 0 Å². The zero-order valence-corrected chi connectivity index (χ0v) is 17.0. The number of nitrogens with zero attached hydrogens (tertiary/aromatic N) is 3. The Labute approximate surface area is 159 Å². The van der Waals surface area contributed by atoms with Crippen molar-refractivity contribution in [1.82, 2.24) is 14.1 Å². The van der Waals surface area contributed by atoms with Gasteiger partial charge in [-0.25, -0.2) is 12.7 Å². The van der Waals surface area contributed by atoms with Crippen LogP contribution in [0.25, 0.3) is 0 Å².